The van der Waals surface area contributed by atoms with E-state index in [2.05, 4.69) is 12.2 Å². The average molecular weight is 240 g/mol. The number of ether oxygens (including phenoxy) is 1. The predicted molar refractivity (Wildman–Crippen MR) is 67.0 cm³/mol. The van der Waals surface area contributed by atoms with Gasteiger partial charge in [-0.25, -0.2) is 4.79 Å². The fourth-order valence-electron chi connectivity index (χ4n) is 2.83. The van der Waals surface area contributed by atoms with Gasteiger partial charge in [0.15, 0.2) is 0 Å². The van der Waals surface area contributed by atoms with Crippen LogP contribution >= 0.6 is 0 Å². The van der Waals surface area contributed by atoms with Crippen LogP contribution in [0.2, 0.25) is 0 Å². The molecule has 98 valence electrons. The molecule has 0 aromatic carbocycles. The van der Waals surface area contributed by atoms with Gasteiger partial charge in [0.25, 0.3) is 0 Å². The number of carbonyl (C=O) groups is 1. The topological polar surface area (TPSA) is 41.6 Å². The van der Waals surface area contributed by atoms with Gasteiger partial charge in [-0.15, -0.1) is 0 Å². The van der Waals surface area contributed by atoms with E-state index in [1.54, 1.807) is 0 Å². The Morgan fingerprint density at radius 1 is 1.35 bits per heavy atom. The molecule has 0 bridgehead atoms. The van der Waals surface area contributed by atoms with E-state index < -0.39 is 0 Å². The fraction of sp³-hybridized carbons (Fsp3) is 0.923. The number of morpholine rings is 1. The minimum Gasteiger partial charge on any atom is -0.378 e. The molecule has 0 aromatic heterocycles. The lowest BCUT2D eigenvalue weighted by atomic mass is 9.84. The van der Waals surface area contributed by atoms with Crippen LogP contribution in [0.4, 0.5) is 4.79 Å². The Morgan fingerprint density at radius 3 is 2.82 bits per heavy atom. The molecule has 4 nitrogen and oxygen atoms in total. The third-order valence-electron chi connectivity index (χ3n) is 3.99. The molecule has 2 unspecified atom stereocenters. The van der Waals surface area contributed by atoms with E-state index in [9.17, 15) is 4.79 Å². The molecule has 0 aromatic rings. The summed E-state index contributed by atoms with van der Waals surface area (Å²) in [5.41, 5.74) is 0. The summed E-state index contributed by atoms with van der Waals surface area (Å²) in [6, 6.07) is 0.499. The molecule has 2 fully saturated rings. The summed E-state index contributed by atoms with van der Waals surface area (Å²) >= 11 is 0. The largest absolute Gasteiger partial charge is 0.378 e. The maximum atomic E-state index is 12.0. The molecule has 0 spiro atoms. The highest BCUT2D eigenvalue weighted by molar-refractivity contribution is 5.74. The van der Waals surface area contributed by atoms with Gasteiger partial charge < -0.3 is 15.0 Å². The highest BCUT2D eigenvalue weighted by atomic mass is 16.5. The molecule has 1 aliphatic carbocycles. The molecule has 1 N–H and O–H groups in total. The van der Waals surface area contributed by atoms with Crippen LogP contribution in [-0.4, -0.2) is 43.3 Å². The summed E-state index contributed by atoms with van der Waals surface area (Å²) in [6.07, 6.45) is 6.13. The molecule has 1 saturated carbocycles. The highest BCUT2D eigenvalue weighted by Gasteiger charge is 2.24. The third-order valence-corrected chi connectivity index (χ3v) is 3.99. The smallest absolute Gasteiger partial charge is 0.317 e. The maximum absolute atomic E-state index is 12.0. The Balaban J connectivity index is 1.77. The van der Waals surface area contributed by atoms with E-state index in [4.69, 9.17) is 4.74 Å². The van der Waals surface area contributed by atoms with Crippen molar-refractivity contribution in [1.29, 1.82) is 0 Å². The lowest BCUT2D eigenvalue weighted by Crippen LogP contribution is -2.50. The van der Waals surface area contributed by atoms with Crippen LogP contribution < -0.4 is 5.32 Å². The molecule has 2 amide bonds. The van der Waals surface area contributed by atoms with Gasteiger partial charge in [0.05, 0.1) is 13.2 Å². The first-order valence-electron chi connectivity index (χ1n) is 6.92. The fourth-order valence-corrected chi connectivity index (χ4v) is 2.83. The van der Waals surface area contributed by atoms with Crippen LogP contribution in [-0.2, 0) is 4.74 Å². The third kappa shape index (κ3) is 3.60. The SMILES string of the molecule is CCC1CCCC(NC(=O)N2CCOCC2)C1. The van der Waals surface area contributed by atoms with Gasteiger partial charge in [-0.3, -0.25) is 0 Å². The van der Waals surface area contributed by atoms with E-state index in [0.29, 0.717) is 19.3 Å². The Kier molecular flexibility index (Phi) is 4.66. The van der Waals surface area contributed by atoms with Crippen molar-refractivity contribution < 1.29 is 9.53 Å². The summed E-state index contributed by atoms with van der Waals surface area (Å²) in [5.74, 6) is 0.804. The number of nitrogens with one attached hydrogen (secondary N) is 1. The van der Waals surface area contributed by atoms with E-state index in [1.807, 2.05) is 4.90 Å². The second-order valence-corrected chi connectivity index (χ2v) is 5.19. The van der Waals surface area contributed by atoms with Crippen LogP contribution in [0.15, 0.2) is 0 Å². The number of amides is 2. The molecule has 4 heteroatoms. The van der Waals surface area contributed by atoms with Crippen molar-refractivity contribution in [2.24, 2.45) is 5.92 Å². The van der Waals surface area contributed by atoms with Crippen molar-refractivity contribution in [2.75, 3.05) is 26.3 Å². The van der Waals surface area contributed by atoms with Crippen LogP contribution in [0.1, 0.15) is 39.0 Å². The molecule has 2 aliphatic rings. The minimum atomic E-state index is 0.107. The molecule has 1 aliphatic heterocycles. The zero-order chi connectivity index (χ0) is 12.1. The molecule has 2 rings (SSSR count). The highest BCUT2D eigenvalue weighted by Crippen LogP contribution is 2.26. The summed E-state index contributed by atoms with van der Waals surface area (Å²) in [7, 11) is 0. The van der Waals surface area contributed by atoms with Gasteiger partial charge in [-0.2, -0.15) is 0 Å². The lowest BCUT2D eigenvalue weighted by Gasteiger charge is -2.33. The number of hydrogen-bond acceptors (Lipinski definition) is 2. The monoisotopic (exact) mass is 240 g/mol. The van der Waals surface area contributed by atoms with E-state index in [1.165, 1.54) is 19.3 Å². The second kappa shape index (κ2) is 6.24. The van der Waals surface area contributed by atoms with Crippen LogP contribution in [0.3, 0.4) is 0 Å². The maximum Gasteiger partial charge on any atom is 0.317 e. The first kappa shape index (κ1) is 12.7. The molecule has 0 radical (unpaired) electrons. The van der Waals surface area contributed by atoms with Crippen molar-refractivity contribution >= 4 is 6.03 Å². The van der Waals surface area contributed by atoms with E-state index >= 15 is 0 Å². The van der Waals surface area contributed by atoms with Crippen LogP contribution in [0.5, 0.6) is 0 Å². The number of nitrogens with zero attached hydrogens (tertiary/aromatic N) is 1. The molecule has 17 heavy (non-hydrogen) atoms. The average Bonchev–Trinajstić information content (AvgIpc) is 2.40. The first-order chi connectivity index (χ1) is 8.29. The summed E-state index contributed by atoms with van der Waals surface area (Å²) in [4.78, 5) is 13.9. The Bertz CT molecular complexity index is 252. The number of hydrogen-bond donors (Lipinski definition) is 1. The normalized spacial score (nSPS) is 30.1. The van der Waals surface area contributed by atoms with Gasteiger partial charge in [-0.1, -0.05) is 26.2 Å². The Morgan fingerprint density at radius 2 is 2.12 bits per heavy atom. The molecule has 1 heterocycles. The number of urea groups is 1. The van der Waals surface area contributed by atoms with Crippen LogP contribution in [0.25, 0.3) is 0 Å². The minimum absolute atomic E-state index is 0.107. The first-order valence-corrected chi connectivity index (χ1v) is 6.92. The van der Waals surface area contributed by atoms with E-state index in [-0.39, 0.29) is 6.03 Å². The zero-order valence-electron chi connectivity index (χ0n) is 10.8. The molecule has 2 atom stereocenters. The molecular formula is C13H24N2O2. The number of rotatable bonds is 2. The van der Waals surface area contributed by atoms with Crippen molar-refractivity contribution in [2.45, 2.75) is 45.1 Å². The standard InChI is InChI=1S/C13H24N2O2/c1-2-11-4-3-5-12(10-11)14-13(16)15-6-8-17-9-7-15/h11-12H,2-10H2,1H3,(H,14,16). The summed E-state index contributed by atoms with van der Waals surface area (Å²) in [6.45, 7) is 5.06. The second-order valence-electron chi connectivity index (χ2n) is 5.19. The van der Waals surface area contributed by atoms with Gasteiger partial charge >= 0.3 is 6.03 Å². The predicted octanol–water partition coefficient (Wildman–Crippen LogP) is 2.00. The number of carbonyl (C=O) groups excluding carboxylic acids is 1. The quantitative estimate of drug-likeness (QED) is 0.802. The lowest BCUT2D eigenvalue weighted by molar-refractivity contribution is 0.0518. The van der Waals surface area contributed by atoms with Gasteiger partial charge in [0, 0.05) is 19.1 Å². The van der Waals surface area contributed by atoms with Crippen molar-refractivity contribution in [3.63, 3.8) is 0 Å². The molecule has 1 saturated heterocycles. The van der Waals surface area contributed by atoms with Crippen LogP contribution in [0, 0.1) is 5.92 Å². The summed E-state index contributed by atoms with van der Waals surface area (Å²) < 4.78 is 5.25. The van der Waals surface area contributed by atoms with E-state index in [0.717, 1.165) is 31.8 Å². The van der Waals surface area contributed by atoms with Gasteiger partial charge in [-0.05, 0) is 18.8 Å². The summed E-state index contributed by atoms with van der Waals surface area (Å²) in [5, 5.41) is 3.18. The molecular weight excluding hydrogens is 216 g/mol. The van der Waals surface area contributed by atoms with Gasteiger partial charge in [0.2, 0.25) is 0 Å². The zero-order valence-corrected chi connectivity index (χ0v) is 10.8. The Labute approximate surface area is 104 Å². The van der Waals surface area contributed by atoms with Crippen molar-refractivity contribution in [1.82, 2.24) is 10.2 Å². The van der Waals surface area contributed by atoms with Crippen molar-refractivity contribution in [3.8, 4) is 0 Å². The van der Waals surface area contributed by atoms with Gasteiger partial charge in [0.1, 0.15) is 0 Å². The van der Waals surface area contributed by atoms with Crippen molar-refractivity contribution in [3.05, 3.63) is 0 Å². The Hall–Kier alpha value is -0.770.